The number of nitrogens with zero attached hydrogens (tertiary/aromatic N) is 1. The lowest BCUT2D eigenvalue weighted by Crippen LogP contribution is -2.50. The van der Waals surface area contributed by atoms with E-state index in [0.29, 0.717) is 19.3 Å². The van der Waals surface area contributed by atoms with Crippen molar-refractivity contribution in [1.82, 2.24) is 0 Å². The summed E-state index contributed by atoms with van der Waals surface area (Å²) in [6.07, 6.45) is 48.4. The Bertz CT molecular complexity index is 1270. The summed E-state index contributed by atoms with van der Waals surface area (Å²) < 4.78 is 17.0. The van der Waals surface area contributed by atoms with Crippen LogP contribution in [0.2, 0.25) is 0 Å². The molecule has 0 heterocycles. The summed E-state index contributed by atoms with van der Waals surface area (Å²) in [4.78, 5) is 36.7. The standard InChI is InChI=1S/C45H67NO7/c1-6-8-10-12-14-16-18-20-21-22-24-25-27-29-31-33-35-43(47)52-40-41(39-51-38-37-42(45(49)50)46(3,4)5)53-44(48)36-34-32-30-28-26-23-19-17-15-13-11-9-7-2/h8-11,13-17,19-21,23-26,28-31,41-42H,6-7,12,18,22,27,32-40H2,1-5H3/p+1/b10-8+,11-9+,15-13+,16-14+,19-17+,21-20+,25-24+,26-23+,30-28+,31-29+. The first-order valence-electron chi connectivity index (χ1n) is 19.1. The number of aliphatic carboxylic acids is 1. The van der Waals surface area contributed by atoms with Gasteiger partial charge in [-0.25, -0.2) is 4.79 Å². The van der Waals surface area contributed by atoms with E-state index in [2.05, 4.69) is 68.5 Å². The van der Waals surface area contributed by atoms with Crippen molar-refractivity contribution in [2.24, 2.45) is 0 Å². The van der Waals surface area contributed by atoms with Crippen LogP contribution in [0.3, 0.4) is 0 Å². The Morgan fingerprint density at radius 3 is 1.62 bits per heavy atom. The molecular weight excluding hydrogens is 666 g/mol. The highest BCUT2D eigenvalue weighted by Crippen LogP contribution is 2.10. The van der Waals surface area contributed by atoms with Crippen molar-refractivity contribution >= 4 is 17.9 Å². The number of quaternary nitrogens is 1. The summed E-state index contributed by atoms with van der Waals surface area (Å²) in [5.74, 6) is -1.70. The summed E-state index contributed by atoms with van der Waals surface area (Å²) in [5, 5.41) is 9.58. The zero-order chi connectivity index (χ0) is 39.3. The second-order valence-corrected chi connectivity index (χ2v) is 13.2. The average Bonchev–Trinajstić information content (AvgIpc) is 3.11. The van der Waals surface area contributed by atoms with Crippen LogP contribution in [0.1, 0.15) is 90.9 Å². The van der Waals surface area contributed by atoms with Gasteiger partial charge >= 0.3 is 17.9 Å². The van der Waals surface area contributed by atoms with Gasteiger partial charge in [0.2, 0.25) is 0 Å². The molecule has 0 aliphatic carbocycles. The molecule has 0 aromatic rings. The van der Waals surface area contributed by atoms with E-state index in [9.17, 15) is 19.5 Å². The van der Waals surface area contributed by atoms with Gasteiger partial charge in [-0.2, -0.15) is 0 Å². The van der Waals surface area contributed by atoms with Gasteiger partial charge in [-0.3, -0.25) is 9.59 Å². The van der Waals surface area contributed by atoms with Gasteiger partial charge in [-0.15, -0.1) is 0 Å². The highest BCUT2D eigenvalue weighted by atomic mass is 16.6. The molecule has 0 fully saturated rings. The molecule has 8 nitrogen and oxygen atoms in total. The van der Waals surface area contributed by atoms with Crippen LogP contribution >= 0.6 is 0 Å². The zero-order valence-electron chi connectivity index (χ0n) is 33.2. The zero-order valence-corrected chi connectivity index (χ0v) is 33.2. The van der Waals surface area contributed by atoms with E-state index in [-0.39, 0.29) is 49.5 Å². The summed E-state index contributed by atoms with van der Waals surface area (Å²) in [5.41, 5.74) is 0. The number of unbranched alkanes of at least 4 members (excludes halogenated alkanes) is 1. The van der Waals surface area contributed by atoms with Crippen LogP contribution < -0.4 is 0 Å². The van der Waals surface area contributed by atoms with E-state index >= 15 is 0 Å². The lowest BCUT2D eigenvalue weighted by atomic mass is 10.1. The van der Waals surface area contributed by atoms with Gasteiger partial charge in [0.25, 0.3) is 0 Å². The first kappa shape index (κ1) is 48.7. The maximum atomic E-state index is 12.6. The lowest BCUT2D eigenvalue weighted by molar-refractivity contribution is -0.887. The normalized spacial score (nSPS) is 14.4. The molecule has 0 aliphatic heterocycles. The van der Waals surface area contributed by atoms with Crippen molar-refractivity contribution in [3.8, 4) is 0 Å². The molecule has 53 heavy (non-hydrogen) atoms. The molecule has 0 spiro atoms. The van der Waals surface area contributed by atoms with E-state index in [1.165, 1.54) is 0 Å². The molecule has 2 atom stereocenters. The molecule has 0 rings (SSSR count). The van der Waals surface area contributed by atoms with Gasteiger partial charge < -0.3 is 23.8 Å². The topological polar surface area (TPSA) is 99.1 Å². The third-order valence-corrected chi connectivity index (χ3v) is 7.50. The number of hydrogen-bond acceptors (Lipinski definition) is 6. The van der Waals surface area contributed by atoms with Crippen molar-refractivity contribution in [1.29, 1.82) is 0 Å². The highest BCUT2D eigenvalue weighted by Gasteiger charge is 2.31. The third-order valence-electron chi connectivity index (χ3n) is 7.50. The fraction of sp³-hybridized carbons (Fsp3) is 0.489. The Morgan fingerprint density at radius 1 is 0.585 bits per heavy atom. The van der Waals surface area contributed by atoms with E-state index < -0.39 is 24.1 Å². The smallest absolute Gasteiger partial charge is 0.362 e. The van der Waals surface area contributed by atoms with Crippen LogP contribution in [-0.2, 0) is 28.6 Å². The number of rotatable bonds is 31. The molecule has 8 heteroatoms. The summed E-state index contributed by atoms with van der Waals surface area (Å²) >= 11 is 0. The van der Waals surface area contributed by atoms with Crippen LogP contribution in [0.4, 0.5) is 0 Å². The van der Waals surface area contributed by atoms with Gasteiger partial charge in [0.1, 0.15) is 6.61 Å². The van der Waals surface area contributed by atoms with Gasteiger partial charge in [-0.1, -0.05) is 135 Å². The Morgan fingerprint density at radius 2 is 1.09 bits per heavy atom. The maximum absolute atomic E-state index is 12.6. The monoisotopic (exact) mass is 734 g/mol. The van der Waals surface area contributed by atoms with E-state index in [1.807, 2.05) is 88.0 Å². The summed E-state index contributed by atoms with van der Waals surface area (Å²) in [6.45, 7) is 4.26. The average molecular weight is 735 g/mol. The van der Waals surface area contributed by atoms with E-state index in [1.54, 1.807) is 0 Å². The molecule has 0 radical (unpaired) electrons. The molecule has 0 aromatic carbocycles. The minimum Gasteiger partial charge on any atom is -0.477 e. The van der Waals surface area contributed by atoms with Gasteiger partial charge in [0.05, 0.1) is 34.4 Å². The number of hydrogen-bond donors (Lipinski definition) is 1. The first-order valence-corrected chi connectivity index (χ1v) is 19.1. The number of likely N-dealkylation sites (N-methyl/N-ethyl adjacent to an activating group) is 1. The Labute approximate surface area is 320 Å². The number of allylic oxidation sites excluding steroid dienone is 20. The number of carbonyl (C=O) groups excluding carboxylic acids is 2. The first-order chi connectivity index (χ1) is 25.6. The van der Waals surface area contributed by atoms with Crippen molar-refractivity contribution < 1.29 is 38.2 Å². The van der Waals surface area contributed by atoms with Crippen LogP contribution in [0.5, 0.6) is 0 Å². The molecule has 0 saturated heterocycles. The van der Waals surface area contributed by atoms with E-state index in [4.69, 9.17) is 14.2 Å². The maximum Gasteiger partial charge on any atom is 0.362 e. The van der Waals surface area contributed by atoms with Gasteiger partial charge in [-0.05, 0) is 57.8 Å². The molecule has 0 saturated carbocycles. The number of carboxylic acid groups (broad SMARTS) is 1. The van der Waals surface area contributed by atoms with E-state index in [0.717, 1.165) is 38.5 Å². The fourth-order valence-corrected chi connectivity index (χ4v) is 4.58. The van der Waals surface area contributed by atoms with Crippen molar-refractivity contribution in [3.05, 3.63) is 122 Å². The molecule has 0 bridgehead atoms. The molecule has 294 valence electrons. The third kappa shape index (κ3) is 33.3. The SMILES string of the molecule is CC/C=C/C=C/C=C/C=C/C=C/CCCC(=O)OC(COCCC(C(=O)O)[N+](C)(C)C)COC(=O)CC/C=C/C/C=C/C/C=C/C/C=C/C/C=C/CC. The lowest BCUT2D eigenvalue weighted by Gasteiger charge is -2.31. The van der Waals surface area contributed by atoms with Crippen molar-refractivity contribution in [2.45, 2.75) is 103 Å². The number of carbonyl (C=O) groups is 3. The van der Waals surface area contributed by atoms with Crippen molar-refractivity contribution in [2.75, 3.05) is 41.0 Å². The summed E-state index contributed by atoms with van der Waals surface area (Å²) in [6, 6.07) is -0.645. The minimum atomic E-state index is -0.904. The van der Waals surface area contributed by atoms with Crippen LogP contribution in [0.15, 0.2) is 122 Å². The van der Waals surface area contributed by atoms with Crippen LogP contribution in [0, 0.1) is 0 Å². The predicted molar refractivity (Wildman–Crippen MR) is 219 cm³/mol. The molecule has 0 aliphatic rings. The second-order valence-electron chi connectivity index (χ2n) is 13.2. The minimum absolute atomic E-state index is 0.000429. The quantitative estimate of drug-likeness (QED) is 0.0249. The number of carboxylic acids is 1. The van der Waals surface area contributed by atoms with Crippen LogP contribution in [0.25, 0.3) is 0 Å². The Balaban J connectivity index is 4.69. The predicted octanol–water partition coefficient (Wildman–Crippen LogP) is 9.90. The number of ether oxygens (including phenoxy) is 3. The molecular formula is C45H68NO7+. The van der Waals surface area contributed by atoms with Gasteiger partial charge in [0.15, 0.2) is 12.1 Å². The molecule has 0 amide bonds. The Hall–Kier alpha value is -4.27. The Kier molecular flexibility index (Phi) is 32.0. The molecule has 1 N–H and O–H groups in total. The van der Waals surface area contributed by atoms with Crippen LogP contribution in [-0.4, -0.2) is 80.6 Å². The summed E-state index contributed by atoms with van der Waals surface area (Å²) in [7, 11) is 5.45. The second kappa shape index (κ2) is 34.8. The molecule has 2 unspecified atom stereocenters. The molecule has 0 aromatic heterocycles. The fourth-order valence-electron chi connectivity index (χ4n) is 4.58. The highest BCUT2D eigenvalue weighted by molar-refractivity contribution is 5.72. The van der Waals surface area contributed by atoms with Crippen molar-refractivity contribution in [3.63, 3.8) is 0 Å². The largest absolute Gasteiger partial charge is 0.477 e. The van der Waals surface area contributed by atoms with Gasteiger partial charge in [0, 0.05) is 19.3 Å². The number of esters is 2.